The lowest BCUT2D eigenvalue weighted by Crippen LogP contribution is -1.96. The summed E-state index contributed by atoms with van der Waals surface area (Å²) in [4.78, 5) is 4.01. The van der Waals surface area contributed by atoms with Crippen molar-refractivity contribution in [1.82, 2.24) is 4.98 Å². The topological polar surface area (TPSA) is 12.9 Å². The third kappa shape index (κ3) is 1.94. The minimum atomic E-state index is -0.211. The minimum absolute atomic E-state index is 0.106. The molecule has 0 aliphatic heterocycles. The van der Waals surface area contributed by atoms with Gasteiger partial charge in [-0.3, -0.25) is 0 Å². The largest absolute Gasteiger partial charge is 0.244 e. The quantitative estimate of drug-likeness (QED) is 0.682. The number of hydrogen-bond acceptors (Lipinski definition) is 1. The first kappa shape index (κ1) is 11.8. The van der Waals surface area contributed by atoms with Gasteiger partial charge in [0.25, 0.3) is 0 Å². The molecule has 0 spiro atoms. The smallest absolute Gasteiger partial charge is 0.129 e. The Morgan fingerprint density at radius 1 is 1.31 bits per heavy atom. The fraction of sp³-hybridized carbons (Fsp3) is 0.250. The molecule has 84 valence electrons. The molecule has 0 amide bonds. The predicted molar refractivity (Wildman–Crippen MR) is 68.5 cm³/mol. The van der Waals surface area contributed by atoms with E-state index in [0.29, 0.717) is 15.2 Å². The molecule has 0 unspecified atom stereocenters. The molecule has 0 fully saturated rings. The standard InChI is InChI=1S/C12H10BrClFN/c1-6(2)12-7-3-11(14)16-5-8(7)9(13)4-10(12)15/h3-6H,1-2H3. The lowest BCUT2D eigenvalue weighted by atomic mass is 9.96. The van der Waals surface area contributed by atoms with E-state index in [1.807, 2.05) is 13.8 Å². The molecule has 0 atom stereocenters. The molecule has 0 N–H and O–H groups in total. The van der Waals surface area contributed by atoms with Crippen LogP contribution in [-0.4, -0.2) is 4.98 Å². The normalized spacial score (nSPS) is 11.4. The first-order valence-corrected chi connectivity index (χ1v) is 6.11. The van der Waals surface area contributed by atoms with Crippen LogP contribution in [0.25, 0.3) is 10.8 Å². The van der Waals surface area contributed by atoms with Gasteiger partial charge in [0.15, 0.2) is 0 Å². The molecule has 4 heteroatoms. The molecule has 1 nitrogen and oxygen atoms in total. The molecule has 2 rings (SSSR count). The van der Waals surface area contributed by atoms with Crippen LogP contribution in [-0.2, 0) is 0 Å². The van der Waals surface area contributed by atoms with E-state index in [1.54, 1.807) is 12.3 Å². The van der Waals surface area contributed by atoms with Crippen molar-refractivity contribution in [2.75, 3.05) is 0 Å². The second-order valence-electron chi connectivity index (χ2n) is 3.96. The maximum Gasteiger partial charge on any atom is 0.129 e. The lowest BCUT2D eigenvalue weighted by molar-refractivity contribution is 0.601. The molecule has 1 aromatic heterocycles. The van der Waals surface area contributed by atoms with Crippen LogP contribution in [0.2, 0.25) is 5.15 Å². The van der Waals surface area contributed by atoms with Gasteiger partial charge in [0, 0.05) is 16.1 Å². The van der Waals surface area contributed by atoms with Gasteiger partial charge in [-0.1, -0.05) is 25.4 Å². The first-order valence-electron chi connectivity index (χ1n) is 4.94. The van der Waals surface area contributed by atoms with Crippen LogP contribution in [0.15, 0.2) is 22.8 Å². The average molecular weight is 303 g/mol. The van der Waals surface area contributed by atoms with Gasteiger partial charge in [0.05, 0.1) is 0 Å². The van der Waals surface area contributed by atoms with Crippen LogP contribution >= 0.6 is 27.5 Å². The summed E-state index contributed by atoms with van der Waals surface area (Å²) >= 11 is 9.18. The zero-order valence-corrected chi connectivity index (χ0v) is 11.2. The summed E-state index contributed by atoms with van der Waals surface area (Å²) in [6.07, 6.45) is 1.66. The Morgan fingerprint density at radius 3 is 2.62 bits per heavy atom. The van der Waals surface area contributed by atoms with E-state index in [4.69, 9.17) is 11.6 Å². The Hall–Kier alpha value is -0.670. The van der Waals surface area contributed by atoms with Gasteiger partial charge in [-0.15, -0.1) is 0 Å². The van der Waals surface area contributed by atoms with Crippen LogP contribution in [0.3, 0.4) is 0 Å². The van der Waals surface area contributed by atoms with Crippen molar-refractivity contribution >= 4 is 38.3 Å². The summed E-state index contributed by atoms with van der Waals surface area (Å²) in [5, 5.41) is 2.09. The van der Waals surface area contributed by atoms with Crippen LogP contribution in [0.1, 0.15) is 25.3 Å². The second-order valence-corrected chi connectivity index (χ2v) is 5.20. The summed E-state index contributed by atoms with van der Waals surface area (Å²) in [6.45, 7) is 3.92. The second kappa shape index (κ2) is 4.30. The Balaban J connectivity index is 2.92. The Bertz CT molecular complexity index is 554. The van der Waals surface area contributed by atoms with Crippen molar-refractivity contribution in [1.29, 1.82) is 0 Å². The number of benzene rings is 1. The molecule has 0 radical (unpaired) electrons. The van der Waals surface area contributed by atoms with Crippen LogP contribution < -0.4 is 0 Å². The van der Waals surface area contributed by atoms with Gasteiger partial charge >= 0.3 is 0 Å². The number of rotatable bonds is 1. The van der Waals surface area contributed by atoms with Crippen molar-refractivity contribution in [3.63, 3.8) is 0 Å². The zero-order chi connectivity index (χ0) is 11.9. The van der Waals surface area contributed by atoms with E-state index >= 15 is 0 Å². The highest BCUT2D eigenvalue weighted by atomic mass is 79.9. The Labute approximate surface area is 107 Å². The van der Waals surface area contributed by atoms with Crippen molar-refractivity contribution in [2.45, 2.75) is 19.8 Å². The summed E-state index contributed by atoms with van der Waals surface area (Å²) in [5.41, 5.74) is 0.683. The highest BCUT2D eigenvalue weighted by Crippen LogP contribution is 2.33. The fourth-order valence-corrected chi connectivity index (χ4v) is 2.50. The van der Waals surface area contributed by atoms with Gasteiger partial charge in [0.2, 0.25) is 0 Å². The maximum absolute atomic E-state index is 13.9. The van der Waals surface area contributed by atoms with Crippen LogP contribution in [0.5, 0.6) is 0 Å². The number of fused-ring (bicyclic) bond motifs is 1. The zero-order valence-electron chi connectivity index (χ0n) is 8.89. The van der Waals surface area contributed by atoms with Gasteiger partial charge in [-0.2, -0.15) is 0 Å². The third-order valence-electron chi connectivity index (χ3n) is 2.51. The van der Waals surface area contributed by atoms with Crippen LogP contribution in [0.4, 0.5) is 4.39 Å². The Kier molecular flexibility index (Phi) is 3.17. The summed E-state index contributed by atoms with van der Waals surface area (Å²) in [6, 6.07) is 3.19. The van der Waals surface area contributed by atoms with E-state index in [1.165, 1.54) is 6.07 Å². The Morgan fingerprint density at radius 2 is 2.00 bits per heavy atom. The molecular formula is C12H10BrClFN. The molecule has 1 heterocycles. The molecular weight excluding hydrogens is 292 g/mol. The van der Waals surface area contributed by atoms with E-state index in [-0.39, 0.29) is 11.7 Å². The molecule has 0 saturated heterocycles. The maximum atomic E-state index is 13.9. The number of hydrogen-bond donors (Lipinski definition) is 0. The predicted octanol–water partition coefficient (Wildman–Crippen LogP) is 4.91. The van der Waals surface area contributed by atoms with Gasteiger partial charge < -0.3 is 0 Å². The fourth-order valence-electron chi connectivity index (χ4n) is 1.83. The SMILES string of the molecule is CC(C)c1c(F)cc(Br)c2cnc(Cl)cc12. The molecule has 0 aliphatic rings. The molecule has 0 aliphatic carbocycles. The van der Waals surface area contributed by atoms with Gasteiger partial charge in [-0.05, 0) is 44.9 Å². The van der Waals surface area contributed by atoms with Crippen molar-refractivity contribution in [3.8, 4) is 0 Å². The summed E-state index contributed by atoms with van der Waals surface area (Å²) in [7, 11) is 0. The number of aromatic nitrogens is 1. The molecule has 0 bridgehead atoms. The summed E-state index contributed by atoms with van der Waals surface area (Å²) in [5.74, 6) is -0.106. The molecule has 2 aromatic rings. The average Bonchev–Trinajstić information content (AvgIpc) is 2.15. The highest BCUT2D eigenvalue weighted by Gasteiger charge is 2.14. The number of nitrogens with zero attached hydrogens (tertiary/aromatic N) is 1. The molecule has 0 saturated carbocycles. The third-order valence-corrected chi connectivity index (χ3v) is 3.37. The first-order chi connectivity index (χ1) is 7.50. The van der Waals surface area contributed by atoms with E-state index in [2.05, 4.69) is 20.9 Å². The number of halogens is 3. The molecule has 16 heavy (non-hydrogen) atoms. The monoisotopic (exact) mass is 301 g/mol. The van der Waals surface area contributed by atoms with E-state index in [0.717, 1.165) is 10.8 Å². The lowest BCUT2D eigenvalue weighted by Gasteiger charge is -2.12. The summed E-state index contributed by atoms with van der Waals surface area (Å²) < 4.78 is 14.6. The van der Waals surface area contributed by atoms with Gasteiger partial charge in [-0.25, -0.2) is 9.37 Å². The van der Waals surface area contributed by atoms with E-state index in [9.17, 15) is 4.39 Å². The molecule has 1 aromatic carbocycles. The van der Waals surface area contributed by atoms with Crippen LogP contribution in [0, 0.1) is 5.82 Å². The highest BCUT2D eigenvalue weighted by molar-refractivity contribution is 9.10. The van der Waals surface area contributed by atoms with Crippen molar-refractivity contribution in [3.05, 3.63) is 39.3 Å². The van der Waals surface area contributed by atoms with E-state index < -0.39 is 0 Å². The van der Waals surface area contributed by atoms with Gasteiger partial charge in [0.1, 0.15) is 11.0 Å². The number of pyridine rings is 1. The van der Waals surface area contributed by atoms with Crippen molar-refractivity contribution < 1.29 is 4.39 Å². The van der Waals surface area contributed by atoms with Crippen molar-refractivity contribution in [2.24, 2.45) is 0 Å². The minimum Gasteiger partial charge on any atom is -0.244 e.